The quantitative estimate of drug-likeness (QED) is 0.732. The van der Waals surface area contributed by atoms with Gasteiger partial charge in [-0.05, 0) is 45.2 Å². The van der Waals surface area contributed by atoms with Crippen LogP contribution in [0.1, 0.15) is 84.0 Å². The van der Waals surface area contributed by atoms with Gasteiger partial charge in [0.25, 0.3) is 0 Å². The van der Waals surface area contributed by atoms with Gasteiger partial charge in [0.05, 0.1) is 0 Å². The summed E-state index contributed by atoms with van der Waals surface area (Å²) in [5, 5.41) is 8.21. The second-order valence-corrected chi connectivity index (χ2v) is 6.24. The normalized spacial score (nSPS) is 20.4. The Labute approximate surface area is 124 Å². The van der Waals surface area contributed by atoms with Crippen LogP contribution in [0.25, 0.3) is 0 Å². The van der Waals surface area contributed by atoms with Crippen LogP contribution < -0.4 is 0 Å². The molecule has 20 heavy (non-hydrogen) atoms. The van der Waals surface area contributed by atoms with Gasteiger partial charge in [-0.1, -0.05) is 45.4 Å². The first-order valence-electron chi connectivity index (χ1n) is 8.70. The summed E-state index contributed by atoms with van der Waals surface area (Å²) in [5.41, 5.74) is 0. The minimum atomic E-state index is -0.675. The van der Waals surface area contributed by atoms with Crippen LogP contribution in [0.2, 0.25) is 0 Å². The van der Waals surface area contributed by atoms with E-state index in [0.29, 0.717) is 6.42 Å². The Balaban J connectivity index is 0.000000206. The number of carboxylic acid groups (broad SMARTS) is 1. The van der Waals surface area contributed by atoms with Gasteiger partial charge >= 0.3 is 5.97 Å². The Morgan fingerprint density at radius 3 is 2.20 bits per heavy atom. The summed E-state index contributed by atoms with van der Waals surface area (Å²) in [6.45, 7) is 4.90. The molecule has 0 spiro atoms. The molecule has 3 heteroatoms. The number of carboxylic acids is 1. The second-order valence-electron chi connectivity index (χ2n) is 6.24. The standard InChI is InChI=1S/C10H19N.C7H14O2/c1-4-8-11(9-5-1)10-6-2-3-7-10;1-2-3-4-5-6-7(8)9/h10H,1-9H2;2-6H2,1H3,(H,8,9). The van der Waals surface area contributed by atoms with E-state index in [-0.39, 0.29) is 0 Å². The van der Waals surface area contributed by atoms with Gasteiger partial charge in [0.1, 0.15) is 0 Å². The molecule has 1 N–H and O–H groups in total. The van der Waals surface area contributed by atoms with Crippen molar-refractivity contribution in [1.29, 1.82) is 0 Å². The minimum Gasteiger partial charge on any atom is -0.481 e. The largest absolute Gasteiger partial charge is 0.481 e. The van der Waals surface area contributed by atoms with Gasteiger partial charge in [0, 0.05) is 12.5 Å². The van der Waals surface area contributed by atoms with Gasteiger partial charge in [0.2, 0.25) is 0 Å². The Bertz CT molecular complexity index is 243. The second kappa shape index (κ2) is 11.1. The average molecular weight is 283 g/mol. The van der Waals surface area contributed by atoms with Crippen LogP contribution in [0, 0.1) is 0 Å². The molecule has 0 unspecified atom stereocenters. The lowest BCUT2D eigenvalue weighted by Gasteiger charge is -2.31. The van der Waals surface area contributed by atoms with Crippen LogP contribution in [-0.2, 0) is 4.79 Å². The zero-order valence-electron chi connectivity index (χ0n) is 13.3. The van der Waals surface area contributed by atoms with Gasteiger partial charge in [0.15, 0.2) is 0 Å². The Hall–Kier alpha value is -0.570. The molecule has 0 amide bonds. The van der Waals surface area contributed by atoms with Crippen LogP contribution in [0.4, 0.5) is 0 Å². The van der Waals surface area contributed by atoms with Crippen molar-refractivity contribution in [3.05, 3.63) is 0 Å². The van der Waals surface area contributed by atoms with E-state index >= 15 is 0 Å². The highest BCUT2D eigenvalue weighted by atomic mass is 16.4. The Morgan fingerprint density at radius 1 is 1.00 bits per heavy atom. The van der Waals surface area contributed by atoms with Gasteiger partial charge in [-0.3, -0.25) is 4.79 Å². The van der Waals surface area contributed by atoms with Crippen molar-refractivity contribution >= 4 is 5.97 Å². The molecule has 1 aliphatic heterocycles. The van der Waals surface area contributed by atoms with E-state index in [4.69, 9.17) is 5.11 Å². The van der Waals surface area contributed by atoms with Gasteiger partial charge in [-0.2, -0.15) is 0 Å². The maximum absolute atomic E-state index is 9.96. The summed E-state index contributed by atoms with van der Waals surface area (Å²) in [5.74, 6) is -0.675. The molecule has 1 aliphatic carbocycles. The van der Waals surface area contributed by atoms with Crippen LogP contribution in [0.5, 0.6) is 0 Å². The highest BCUT2D eigenvalue weighted by molar-refractivity contribution is 5.66. The van der Waals surface area contributed by atoms with Crippen molar-refractivity contribution < 1.29 is 9.90 Å². The van der Waals surface area contributed by atoms with Gasteiger partial charge < -0.3 is 10.0 Å². The van der Waals surface area contributed by atoms with E-state index in [0.717, 1.165) is 25.3 Å². The van der Waals surface area contributed by atoms with E-state index in [1.807, 2.05) is 0 Å². The van der Waals surface area contributed by atoms with Crippen molar-refractivity contribution in [2.24, 2.45) is 0 Å². The number of hydrogen-bond donors (Lipinski definition) is 1. The fourth-order valence-corrected chi connectivity index (χ4v) is 3.26. The number of likely N-dealkylation sites (tertiary alicyclic amines) is 1. The molecule has 0 aromatic heterocycles. The van der Waals surface area contributed by atoms with Crippen LogP contribution in [-0.4, -0.2) is 35.1 Å². The molecule has 118 valence electrons. The molecule has 2 rings (SSSR count). The molecule has 1 saturated carbocycles. The molecule has 2 aliphatic rings. The number of piperidine rings is 1. The maximum atomic E-state index is 9.96. The van der Waals surface area contributed by atoms with Crippen molar-refractivity contribution in [2.75, 3.05) is 13.1 Å². The molecule has 1 heterocycles. The van der Waals surface area contributed by atoms with Crippen molar-refractivity contribution in [3.63, 3.8) is 0 Å². The lowest BCUT2D eigenvalue weighted by atomic mass is 10.1. The third kappa shape index (κ3) is 7.88. The van der Waals surface area contributed by atoms with E-state index in [9.17, 15) is 4.79 Å². The predicted molar refractivity (Wildman–Crippen MR) is 84.1 cm³/mol. The van der Waals surface area contributed by atoms with Crippen LogP contribution in [0.3, 0.4) is 0 Å². The summed E-state index contributed by atoms with van der Waals surface area (Å²) in [6, 6.07) is 0.982. The van der Waals surface area contributed by atoms with Crippen LogP contribution >= 0.6 is 0 Å². The molecule has 3 nitrogen and oxygen atoms in total. The smallest absolute Gasteiger partial charge is 0.303 e. The first-order chi connectivity index (χ1) is 9.74. The average Bonchev–Trinajstić information content (AvgIpc) is 2.99. The fraction of sp³-hybridized carbons (Fsp3) is 0.941. The molecule has 0 bridgehead atoms. The monoisotopic (exact) mass is 283 g/mol. The number of unbranched alkanes of at least 4 members (excludes halogenated alkanes) is 3. The molecule has 2 fully saturated rings. The van der Waals surface area contributed by atoms with Gasteiger partial charge in [-0.25, -0.2) is 0 Å². The molecular weight excluding hydrogens is 250 g/mol. The number of aliphatic carboxylic acids is 1. The summed E-state index contributed by atoms with van der Waals surface area (Å²) >= 11 is 0. The van der Waals surface area contributed by atoms with Crippen molar-refractivity contribution in [3.8, 4) is 0 Å². The third-order valence-corrected chi connectivity index (χ3v) is 4.48. The first kappa shape index (κ1) is 17.5. The van der Waals surface area contributed by atoms with E-state index in [2.05, 4.69) is 11.8 Å². The van der Waals surface area contributed by atoms with E-state index in [1.165, 1.54) is 64.5 Å². The summed E-state index contributed by atoms with van der Waals surface area (Å²) in [7, 11) is 0. The third-order valence-electron chi connectivity index (χ3n) is 4.48. The Morgan fingerprint density at radius 2 is 1.65 bits per heavy atom. The predicted octanol–water partition coefficient (Wildman–Crippen LogP) is 4.46. The molecule has 0 aromatic rings. The number of hydrogen-bond acceptors (Lipinski definition) is 2. The maximum Gasteiger partial charge on any atom is 0.303 e. The van der Waals surface area contributed by atoms with E-state index in [1.54, 1.807) is 0 Å². The minimum absolute atomic E-state index is 0.333. The lowest BCUT2D eigenvalue weighted by Crippen LogP contribution is -2.37. The lowest BCUT2D eigenvalue weighted by molar-refractivity contribution is -0.137. The topological polar surface area (TPSA) is 40.5 Å². The zero-order chi connectivity index (χ0) is 14.6. The highest BCUT2D eigenvalue weighted by Gasteiger charge is 2.23. The summed E-state index contributed by atoms with van der Waals surface area (Å²) in [6.07, 6.45) is 14.9. The van der Waals surface area contributed by atoms with Crippen LogP contribution in [0.15, 0.2) is 0 Å². The Kier molecular flexibility index (Phi) is 9.73. The first-order valence-corrected chi connectivity index (χ1v) is 8.70. The van der Waals surface area contributed by atoms with Gasteiger partial charge in [-0.15, -0.1) is 0 Å². The van der Waals surface area contributed by atoms with E-state index < -0.39 is 5.97 Å². The molecular formula is C17H33NO2. The fourth-order valence-electron chi connectivity index (χ4n) is 3.26. The molecule has 0 aromatic carbocycles. The summed E-state index contributed by atoms with van der Waals surface area (Å²) < 4.78 is 0. The zero-order valence-corrected chi connectivity index (χ0v) is 13.3. The SMILES string of the molecule is C1CCN(C2CCCC2)CC1.CCCCCCC(=O)O. The molecule has 1 saturated heterocycles. The summed E-state index contributed by atoms with van der Waals surface area (Å²) in [4.78, 5) is 12.7. The number of carbonyl (C=O) groups is 1. The number of nitrogens with zero attached hydrogens (tertiary/aromatic N) is 1. The molecule has 0 atom stereocenters. The highest BCUT2D eigenvalue weighted by Crippen LogP contribution is 2.25. The van der Waals surface area contributed by atoms with Crippen molar-refractivity contribution in [2.45, 2.75) is 90.0 Å². The van der Waals surface area contributed by atoms with Crippen molar-refractivity contribution in [1.82, 2.24) is 4.90 Å². The number of rotatable bonds is 6. The molecule has 0 radical (unpaired) electrons.